The summed E-state index contributed by atoms with van der Waals surface area (Å²) in [7, 11) is 0. The highest BCUT2D eigenvalue weighted by molar-refractivity contribution is 6.30. The van der Waals surface area contributed by atoms with E-state index in [1.54, 1.807) is 0 Å². The highest BCUT2D eigenvalue weighted by Gasteiger charge is 2.72. The zero-order valence-electron chi connectivity index (χ0n) is 27.2. The van der Waals surface area contributed by atoms with Crippen LogP contribution in [0.1, 0.15) is 116 Å². The molecule has 1 aromatic heterocycles. The minimum Gasteiger partial charge on any atom is -0.481 e. The molecule has 0 amide bonds. The van der Waals surface area contributed by atoms with Crippen LogP contribution in [0.5, 0.6) is 0 Å². The number of hydrogen-bond donors (Lipinski definition) is 1. The zero-order chi connectivity index (χ0) is 30.7. The van der Waals surface area contributed by atoms with Crippen molar-refractivity contribution in [2.45, 2.75) is 111 Å². The third-order valence-electron chi connectivity index (χ3n) is 14.9. The normalized spacial score (nSPS) is 42.6. The van der Waals surface area contributed by atoms with Crippen molar-refractivity contribution in [2.75, 3.05) is 0 Å². The van der Waals surface area contributed by atoms with Gasteiger partial charge in [0.1, 0.15) is 11.5 Å². The molecule has 232 valence electrons. The number of hydrogen-bond acceptors (Lipinski definition) is 2. The summed E-state index contributed by atoms with van der Waals surface area (Å²) in [5.41, 5.74) is 3.78. The summed E-state index contributed by atoms with van der Waals surface area (Å²) in [6.45, 7) is 19.3. The van der Waals surface area contributed by atoms with Gasteiger partial charge in [0.25, 0.3) is 0 Å². The molecule has 0 bridgehead atoms. The lowest BCUT2D eigenvalue weighted by Gasteiger charge is -2.72. The number of furan rings is 1. The van der Waals surface area contributed by atoms with E-state index in [4.69, 9.17) is 16.0 Å². The molecule has 0 spiro atoms. The van der Waals surface area contributed by atoms with Crippen LogP contribution in [-0.2, 0) is 23.1 Å². The first-order valence-electron chi connectivity index (χ1n) is 16.9. The monoisotopic (exact) mass is 602 g/mol. The van der Waals surface area contributed by atoms with Gasteiger partial charge in [-0.25, -0.2) is 0 Å². The van der Waals surface area contributed by atoms with E-state index in [2.05, 4.69) is 66.3 Å². The summed E-state index contributed by atoms with van der Waals surface area (Å²) in [5, 5.41) is 11.4. The predicted molar refractivity (Wildman–Crippen MR) is 173 cm³/mol. The second-order valence-electron chi connectivity index (χ2n) is 16.9. The van der Waals surface area contributed by atoms with Crippen LogP contribution in [0, 0.1) is 51.2 Å². The van der Waals surface area contributed by atoms with E-state index in [1.165, 1.54) is 41.7 Å². The van der Waals surface area contributed by atoms with Gasteiger partial charge in [0.2, 0.25) is 0 Å². The van der Waals surface area contributed by atoms with Gasteiger partial charge in [-0.05, 0) is 140 Å². The molecular formula is C39H51ClO3. The maximum Gasteiger partial charge on any atom is 0.309 e. The molecule has 1 aromatic carbocycles. The lowest BCUT2D eigenvalue weighted by Crippen LogP contribution is -2.66. The van der Waals surface area contributed by atoms with Gasteiger partial charge < -0.3 is 9.52 Å². The Kier molecular flexibility index (Phi) is 6.57. The fourth-order valence-corrected chi connectivity index (χ4v) is 13.1. The van der Waals surface area contributed by atoms with Crippen molar-refractivity contribution >= 4 is 17.6 Å². The molecule has 5 aliphatic rings. The Morgan fingerprint density at radius 2 is 1.67 bits per heavy atom. The lowest BCUT2D eigenvalue weighted by atomic mass is 9.32. The van der Waals surface area contributed by atoms with Crippen molar-refractivity contribution in [3.8, 4) is 0 Å². The number of carbonyl (C=O) groups is 1. The summed E-state index contributed by atoms with van der Waals surface area (Å²) in [4.78, 5) is 13.0. The summed E-state index contributed by atoms with van der Waals surface area (Å²) in [6, 6.07) is 10.5. The van der Waals surface area contributed by atoms with Gasteiger partial charge in [-0.15, -0.1) is 0 Å². The van der Waals surface area contributed by atoms with E-state index in [0.29, 0.717) is 23.7 Å². The molecule has 0 aliphatic heterocycles. The second-order valence-corrected chi connectivity index (χ2v) is 17.4. The molecule has 4 saturated carbocycles. The van der Waals surface area contributed by atoms with Crippen LogP contribution in [0.3, 0.4) is 0 Å². The lowest BCUT2D eigenvalue weighted by molar-refractivity contribution is -0.228. The molecule has 7 rings (SSSR count). The number of aliphatic carboxylic acids is 1. The van der Waals surface area contributed by atoms with E-state index in [-0.39, 0.29) is 27.6 Å². The first kappa shape index (κ1) is 29.7. The Labute approximate surface area is 263 Å². The summed E-state index contributed by atoms with van der Waals surface area (Å²) < 4.78 is 6.73. The number of benzene rings is 1. The highest BCUT2D eigenvalue weighted by Crippen LogP contribution is 2.77. The fourth-order valence-electron chi connectivity index (χ4n) is 12.9. The van der Waals surface area contributed by atoms with Crippen LogP contribution in [0.2, 0.25) is 5.02 Å². The van der Waals surface area contributed by atoms with Crippen LogP contribution in [0.25, 0.3) is 0 Å². The maximum atomic E-state index is 13.0. The minimum atomic E-state index is -0.558. The SMILES string of the molecule is C=C(C)[C@@H]1CC[C@]2(C(=O)O)CC[C@]3(C)[C@H](CC[C@@H]4[C@@]5(C)Cc6cc(Cc7ccc(Cl)cc7)oc6C(C)(C)[C@@H]5CC[C@]43C)[C@@H]12. The molecule has 5 aliphatic carbocycles. The highest BCUT2D eigenvalue weighted by atomic mass is 35.5. The molecule has 3 nitrogen and oxygen atoms in total. The molecule has 43 heavy (non-hydrogen) atoms. The number of halogens is 1. The number of rotatable bonds is 4. The van der Waals surface area contributed by atoms with E-state index in [0.717, 1.165) is 55.7 Å². The van der Waals surface area contributed by atoms with Gasteiger partial charge in [0.05, 0.1) is 5.41 Å². The molecule has 9 atom stereocenters. The Morgan fingerprint density at radius 1 is 0.953 bits per heavy atom. The smallest absolute Gasteiger partial charge is 0.309 e. The summed E-state index contributed by atoms with van der Waals surface area (Å²) in [6.07, 6.45) is 10.4. The van der Waals surface area contributed by atoms with Crippen molar-refractivity contribution in [3.63, 3.8) is 0 Å². The largest absolute Gasteiger partial charge is 0.481 e. The third-order valence-corrected chi connectivity index (χ3v) is 15.2. The van der Waals surface area contributed by atoms with Crippen molar-refractivity contribution in [2.24, 2.45) is 51.2 Å². The number of carboxylic acid groups (broad SMARTS) is 1. The fraction of sp³-hybridized carbons (Fsp3) is 0.667. The molecule has 4 heteroatoms. The van der Waals surface area contributed by atoms with Crippen LogP contribution in [-0.4, -0.2) is 11.1 Å². The topological polar surface area (TPSA) is 50.4 Å². The molecule has 2 aromatic rings. The predicted octanol–water partition coefficient (Wildman–Crippen LogP) is 10.3. The van der Waals surface area contributed by atoms with Crippen molar-refractivity contribution in [3.05, 3.63) is 70.2 Å². The van der Waals surface area contributed by atoms with E-state index >= 15 is 0 Å². The average molecular weight is 603 g/mol. The van der Waals surface area contributed by atoms with E-state index in [9.17, 15) is 9.90 Å². The molecule has 4 fully saturated rings. The van der Waals surface area contributed by atoms with Crippen LogP contribution < -0.4 is 0 Å². The minimum absolute atomic E-state index is 0.0266. The Balaban J connectivity index is 1.25. The molecule has 0 saturated heterocycles. The van der Waals surface area contributed by atoms with Gasteiger partial charge in [0.15, 0.2) is 0 Å². The Morgan fingerprint density at radius 3 is 2.35 bits per heavy atom. The first-order valence-corrected chi connectivity index (χ1v) is 17.3. The average Bonchev–Trinajstić information content (AvgIpc) is 3.53. The standard InChI is InChI=1S/C39H51ClO3/c1-23(2)28-14-17-39(34(41)42)19-18-37(6)29(32(28)39)12-13-31-36(5)22-25-21-27(20-24-8-10-26(40)11-9-24)43-33(25)35(3,4)30(36)15-16-38(31,37)7/h8-11,21,28-32H,1,12-20,22H2,2-7H3,(H,41,42)/t28-,29+,30-,31+,32+,36-,37+,38+,39-/m0/s1. The van der Waals surface area contributed by atoms with Gasteiger partial charge in [0, 0.05) is 16.9 Å². The van der Waals surface area contributed by atoms with Gasteiger partial charge >= 0.3 is 5.97 Å². The molecule has 1 heterocycles. The molecule has 0 radical (unpaired) electrons. The first-order chi connectivity index (χ1) is 20.2. The zero-order valence-corrected chi connectivity index (χ0v) is 27.9. The molecular weight excluding hydrogens is 552 g/mol. The van der Waals surface area contributed by atoms with Gasteiger partial charge in [-0.3, -0.25) is 4.79 Å². The quantitative estimate of drug-likeness (QED) is 0.354. The van der Waals surface area contributed by atoms with Crippen LogP contribution in [0.15, 0.2) is 46.9 Å². The van der Waals surface area contributed by atoms with Gasteiger partial charge in [-0.2, -0.15) is 0 Å². The van der Waals surface area contributed by atoms with Crippen molar-refractivity contribution < 1.29 is 14.3 Å². The number of allylic oxidation sites excluding steroid dienone is 1. The van der Waals surface area contributed by atoms with E-state index in [1.807, 2.05) is 12.1 Å². The van der Waals surface area contributed by atoms with Crippen molar-refractivity contribution in [1.29, 1.82) is 0 Å². The van der Waals surface area contributed by atoms with Crippen molar-refractivity contribution in [1.82, 2.24) is 0 Å². The summed E-state index contributed by atoms with van der Waals surface area (Å²) in [5.74, 6) is 3.93. The maximum absolute atomic E-state index is 13.0. The Hall–Kier alpha value is -2.00. The molecule has 0 unspecified atom stereocenters. The number of carboxylic acids is 1. The number of fused-ring (bicyclic) bond motifs is 8. The van der Waals surface area contributed by atoms with Crippen LogP contribution in [0.4, 0.5) is 0 Å². The van der Waals surface area contributed by atoms with E-state index < -0.39 is 11.4 Å². The Bertz CT molecular complexity index is 1470. The second kappa shape index (κ2) is 9.51. The third kappa shape index (κ3) is 3.88. The van der Waals surface area contributed by atoms with Crippen LogP contribution >= 0.6 is 11.6 Å². The van der Waals surface area contributed by atoms with Gasteiger partial charge in [-0.1, -0.05) is 70.5 Å². The molecule has 1 N–H and O–H groups in total. The summed E-state index contributed by atoms with van der Waals surface area (Å²) >= 11 is 6.15.